The summed E-state index contributed by atoms with van der Waals surface area (Å²) in [6.07, 6.45) is 2.44. The zero-order chi connectivity index (χ0) is 10.2. The Morgan fingerprint density at radius 2 is 2.14 bits per heavy atom. The minimum atomic E-state index is -3.56. The molecule has 2 heterocycles. The molecule has 1 N–H and O–H groups in total. The van der Waals surface area contributed by atoms with Crippen LogP contribution in [-0.4, -0.2) is 45.1 Å². The molecule has 0 aliphatic carbocycles. The van der Waals surface area contributed by atoms with Crippen molar-refractivity contribution in [2.75, 3.05) is 7.05 Å². The molecular formula is C6H7N5O2S. The molecule has 0 fully saturated rings. The predicted octanol–water partition coefficient (Wildman–Crippen LogP) is -1.22. The Labute approximate surface area is 80.4 Å². The molecule has 74 valence electrons. The van der Waals surface area contributed by atoms with Crippen molar-refractivity contribution < 1.29 is 8.42 Å². The first-order valence-corrected chi connectivity index (χ1v) is 5.26. The number of nitrogens with zero attached hydrogens (tertiary/aromatic N) is 4. The van der Waals surface area contributed by atoms with Crippen LogP contribution in [0.3, 0.4) is 0 Å². The largest absolute Gasteiger partial charge is 0.256 e. The van der Waals surface area contributed by atoms with Gasteiger partial charge in [-0.3, -0.25) is 4.99 Å². The summed E-state index contributed by atoms with van der Waals surface area (Å²) in [4.78, 5) is 15.2. The molecule has 1 unspecified atom stereocenters. The third-order valence-corrected chi connectivity index (χ3v) is 3.22. The first-order chi connectivity index (χ1) is 6.65. The van der Waals surface area contributed by atoms with Gasteiger partial charge in [-0.1, -0.05) is 0 Å². The molecule has 1 atom stereocenters. The number of hydrogen-bond donors (Lipinski definition) is 1. The van der Waals surface area contributed by atoms with E-state index in [-0.39, 0.29) is 5.04 Å². The van der Waals surface area contributed by atoms with Crippen molar-refractivity contribution in [2.24, 2.45) is 20.0 Å². The van der Waals surface area contributed by atoms with Crippen LogP contribution in [0.15, 0.2) is 20.0 Å². The lowest BCUT2D eigenvalue weighted by atomic mass is 10.3. The van der Waals surface area contributed by atoms with Gasteiger partial charge < -0.3 is 0 Å². The molecule has 2 aliphatic heterocycles. The van der Waals surface area contributed by atoms with Gasteiger partial charge in [-0.25, -0.2) is 28.1 Å². The lowest BCUT2D eigenvalue weighted by Gasteiger charge is -2.13. The van der Waals surface area contributed by atoms with Crippen LogP contribution in [0.2, 0.25) is 0 Å². The molecule has 2 rings (SSSR count). The average Bonchev–Trinajstić information content (AvgIpc) is 2.64. The zero-order valence-electron chi connectivity index (χ0n) is 7.25. The average molecular weight is 213 g/mol. The van der Waals surface area contributed by atoms with E-state index in [0.717, 1.165) is 6.34 Å². The van der Waals surface area contributed by atoms with Crippen LogP contribution in [0.4, 0.5) is 0 Å². The molecule has 0 aromatic rings. The summed E-state index contributed by atoms with van der Waals surface area (Å²) >= 11 is 0. The molecule has 2 aliphatic rings. The third-order valence-electron chi connectivity index (χ3n) is 1.80. The van der Waals surface area contributed by atoms with Crippen molar-refractivity contribution in [3.05, 3.63) is 0 Å². The van der Waals surface area contributed by atoms with Crippen LogP contribution in [0.1, 0.15) is 0 Å². The van der Waals surface area contributed by atoms with Gasteiger partial charge in [0.2, 0.25) is 0 Å². The molecule has 0 amide bonds. The maximum atomic E-state index is 11.5. The topological polar surface area (TPSA) is 95.6 Å². The van der Waals surface area contributed by atoms with Crippen LogP contribution in [-0.2, 0) is 10.0 Å². The first kappa shape index (κ1) is 9.16. The van der Waals surface area contributed by atoms with E-state index in [1.54, 1.807) is 0 Å². The maximum absolute atomic E-state index is 11.5. The monoisotopic (exact) mass is 213 g/mol. The SMILES string of the molecule is CNS(=O)(=O)C1=NC=NC2=NC=NC21. The molecule has 0 aromatic carbocycles. The number of aliphatic imine (C=N–C) groups is 4. The Morgan fingerprint density at radius 1 is 1.36 bits per heavy atom. The Balaban J connectivity index is 2.47. The highest BCUT2D eigenvalue weighted by atomic mass is 32.2. The summed E-state index contributed by atoms with van der Waals surface area (Å²) in [7, 11) is -2.24. The van der Waals surface area contributed by atoms with Crippen LogP contribution >= 0.6 is 0 Å². The van der Waals surface area contributed by atoms with Crippen LogP contribution in [0.25, 0.3) is 0 Å². The van der Waals surface area contributed by atoms with Gasteiger partial charge in [0.15, 0.2) is 16.9 Å². The normalized spacial score (nSPS) is 24.5. The smallest absolute Gasteiger partial charge is 0.255 e. The summed E-state index contributed by atoms with van der Waals surface area (Å²) in [5, 5.41) is -0.0671. The van der Waals surface area contributed by atoms with E-state index < -0.39 is 16.1 Å². The van der Waals surface area contributed by atoms with E-state index in [1.165, 1.54) is 13.4 Å². The molecule has 7 nitrogen and oxygen atoms in total. The van der Waals surface area contributed by atoms with Crippen molar-refractivity contribution >= 4 is 33.6 Å². The molecule has 14 heavy (non-hydrogen) atoms. The van der Waals surface area contributed by atoms with Crippen LogP contribution in [0, 0.1) is 0 Å². The Kier molecular flexibility index (Phi) is 2.01. The summed E-state index contributed by atoms with van der Waals surface area (Å²) in [5.41, 5.74) is 0. The summed E-state index contributed by atoms with van der Waals surface area (Å²) in [5.74, 6) is 0.355. The summed E-state index contributed by atoms with van der Waals surface area (Å²) < 4.78 is 25.1. The fourth-order valence-electron chi connectivity index (χ4n) is 1.11. The van der Waals surface area contributed by atoms with Crippen molar-refractivity contribution in [3.8, 4) is 0 Å². The lowest BCUT2D eigenvalue weighted by Crippen LogP contribution is -2.39. The van der Waals surface area contributed by atoms with E-state index >= 15 is 0 Å². The van der Waals surface area contributed by atoms with Gasteiger partial charge in [0.05, 0.1) is 0 Å². The summed E-state index contributed by atoms with van der Waals surface area (Å²) in [6, 6.07) is -0.683. The number of rotatable bonds is 1. The molecule has 0 saturated heterocycles. The molecule has 0 spiro atoms. The number of hydrogen-bond acceptors (Lipinski definition) is 6. The van der Waals surface area contributed by atoms with Gasteiger partial charge >= 0.3 is 0 Å². The van der Waals surface area contributed by atoms with E-state index in [9.17, 15) is 8.42 Å². The quantitative estimate of drug-likeness (QED) is 0.591. The van der Waals surface area contributed by atoms with E-state index in [4.69, 9.17) is 0 Å². The van der Waals surface area contributed by atoms with Crippen molar-refractivity contribution in [3.63, 3.8) is 0 Å². The standard InChI is InChI=1S/C6H7N5O2S/c1-7-14(12,13)6-4-5(9-2-8-4)10-3-11-6/h2-4,7H,1H3. The van der Waals surface area contributed by atoms with E-state index in [1.807, 2.05) is 0 Å². The van der Waals surface area contributed by atoms with Gasteiger partial charge in [-0.2, -0.15) is 0 Å². The van der Waals surface area contributed by atoms with Gasteiger partial charge in [-0.05, 0) is 7.05 Å². The second kappa shape index (κ2) is 3.07. The highest BCUT2D eigenvalue weighted by Gasteiger charge is 2.34. The van der Waals surface area contributed by atoms with Gasteiger partial charge in [0.1, 0.15) is 12.7 Å². The van der Waals surface area contributed by atoms with Crippen molar-refractivity contribution in [1.29, 1.82) is 0 Å². The second-order valence-corrected chi connectivity index (χ2v) is 4.41. The van der Waals surface area contributed by atoms with Gasteiger partial charge in [-0.15, -0.1) is 0 Å². The van der Waals surface area contributed by atoms with Gasteiger partial charge in [0, 0.05) is 0 Å². The predicted molar refractivity (Wildman–Crippen MR) is 53.6 cm³/mol. The highest BCUT2D eigenvalue weighted by Crippen LogP contribution is 2.12. The molecule has 0 aromatic heterocycles. The number of sulfonamides is 1. The Morgan fingerprint density at radius 3 is 2.86 bits per heavy atom. The van der Waals surface area contributed by atoms with E-state index in [2.05, 4.69) is 24.7 Å². The number of amidine groups is 1. The fraction of sp³-hybridized carbons (Fsp3) is 0.333. The maximum Gasteiger partial charge on any atom is 0.256 e. The zero-order valence-corrected chi connectivity index (χ0v) is 8.06. The Hall–Kier alpha value is -1.41. The minimum Gasteiger partial charge on any atom is -0.255 e. The van der Waals surface area contributed by atoms with Gasteiger partial charge in [0.25, 0.3) is 10.0 Å². The van der Waals surface area contributed by atoms with Crippen molar-refractivity contribution in [1.82, 2.24) is 4.72 Å². The lowest BCUT2D eigenvalue weighted by molar-refractivity contribution is 0.599. The number of fused-ring (bicyclic) bond motifs is 1. The molecule has 0 radical (unpaired) electrons. The molecule has 0 bridgehead atoms. The minimum absolute atomic E-state index is 0.0671. The summed E-state index contributed by atoms with van der Waals surface area (Å²) in [6.45, 7) is 0. The fourth-order valence-corrected chi connectivity index (χ4v) is 1.97. The Bertz CT molecular complexity index is 472. The van der Waals surface area contributed by atoms with E-state index in [0.29, 0.717) is 5.84 Å². The molecule has 8 heteroatoms. The molecule has 0 saturated carbocycles. The second-order valence-electron chi connectivity index (χ2n) is 2.57. The first-order valence-electron chi connectivity index (χ1n) is 3.78. The highest BCUT2D eigenvalue weighted by molar-refractivity contribution is 8.05. The van der Waals surface area contributed by atoms with Crippen molar-refractivity contribution in [2.45, 2.75) is 6.04 Å². The van der Waals surface area contributed by atoms with Crippen LogP contribution < -0.4 is 4.72 Å². The van der Waals surface area contributed by atoms with Crippen LogP contribution in [0.5, 0.6) is 0 Å². The number of nitrogens with one attached hydrogen (secondary N) is 1. The molecular weight excluding hydrogens is 206 g/mol. The third kappa shape index (κ3) is 1.28.